The summed E-state index contributed by atoms with van der Waals surface area (Å²) in [6.07, 6.45) is 7.83. The maximum Gasteiger partial charge on any atom is 0.411 e. The average molecular weight is 440 g/mol. The maximum atomic E-state index is 14.3. The van der Waals surface area contributed by atoms with Gasteiger partial charge in [0.25, 0.3) is 0 Å². The fourth-order valence-corrected chi connectivity index (χ4v) is 2.82. The van der Waals surface area contributed by atoms with E-state index in [1.54, 1.807) is 6.92 Å². The molecule has 3 aromatic heterocycles. The van der Waals surface area contributed by atoms with Crippen LogP contribution in [0.4, 0.5) is 30.9 Å². The molecule has 3 heterocycles. The number of aromatic nitrogens is 5. The maximum absolute atomic E-state index is 14.3. The van der Waals surface area contributed by atoms with Gasteiger partial charge < -0.3 is 16.2 Å². The molecule has 0 aliphatic carbocycles. The van der Waals surface area contributed by atoms with Crippen molar-refractivity contribution in [1.82, 2.24) is 24.7 Å². The number of halogens is 2. The molecule has 0 unspecified atom stereocenters. The lowest BCUT2D eigenvalue weighted by Crippen LogP contribution is -2.16. The van der Waals surface area contributed by atoms with Crippen molar-refractivity contribution in [3.8, 4) is 23.9 Å². The molecule has 0 fully saturated rings. The van der Waals surface area contributed by atoms with Gasteiger partial charge in [-0.2, -0.15) is 5.10 Å². The van der Waals surface area contributed by atoms with Gasteiger partial charge >= 0.3 is 6.09 Å². The van der Waals surface area contributed by atoms with Gasteiger partial charge in [0.15, 0.2) is 23.1 Å². The fourth-order valence-electron chi connectivity index (χ4n) is 2.82. The molecule has 5 N–H and O–H groups in total. The van der Waals surface area contributed by atoms with E-state index in [4.69, 9.17) is 17.9 Å². The second-order valence-corrected chi connectivity index (χ2v) is 6.31. The van der Waals surface area contributed by atoms with Crippen LogP contribution in [0.15, 0.2) is 35.8 Å². The predicted octanol–water partition coefficient (Wildman–Crippen LogP) is 2.80. The molecule has 0 aromatic carbocycles. The van der Waals surface area contributed by atoms with Gasteiger partial charge in [0.05, 0.1) is 25.2 Å². The molecule has 0 spiro atoms. The number of amides is 1. The number of carbonyl (C=O) groups is 1. The van der Waals surface area contributed by atoms with Crippen LogP contribution < -0.4 is 16.8 Å². The first kappa shape index (κ1) is 22.2. The molecule has 0 atom stereocenters. The highest BCUT2D eigenvalue weighted by atomic mass is 19.1. The molecule has 0 saturated carbocycles. The van der Waals surface area contributed by atoms with E-state index < -0.39 is 17.7 Å². The van der Waals surface area contributed by atoms with Crippen molar-refractivity contribution >= 4 is 34.4 Å². The number of ether oxygens (including phenoxy) is 1. The summed E-state index contributed by atoms with van der Waals surface area (Å²) in [6, 6.07) is 1.18. The number of anilines is 3. The average Bonchev–Trinajstić information content (AvgIpc) is 3.11. The summed E-state index contributed by atoms with van der Waals surface area (Å²) in [5.41, 5.74) is 12.4. The lowest BCUT2D eigenvalue weighted by molar-refractivity contribution is 0.187. The Bertz CT molecular complexity index is 1280. The van der Waals surface area contributed by atoms with Crippen LogP contribution in [0.25, 0.3) is 22.6 Å². The van der Waals surface area contributed by atoms with Gasteiger partial charge in [-0.05, 0) is 13.0 Å². The summed E-state index contributed by atoms with van der Waals surface area (Å²) in [5.74, 6) is 0.491. The van der Waals surface area contributed by atoms with Crippen molar-refractivity contribution in [3.63, 3.8) is 0 Å². The minimum Gasteiger partial charge on any atom is -0.453 e. The zero-order valence-electron chi connectivity index (χ0n) is 17.1. The van der Waals surface area contributed by atoms with Crippen LogP contribution >= 0.6 is 0 Å². The first-order valence-electron chi connectivity index (χ1n) is 9.06. The van der Waals surface area contributed by atoms with Crippen LogP contribution in [-0.4, -0.2) is 37.9 Å². The second-order valence-electron chi connectivity index (χ2n) is 6.31. The van der Waals surface area contributed by atoms with Gasteiger partial charge in [0.1, 0.15) is 23.0 Å². The summed E-state index contributed by atoms with van der Waals surface area (Å²) >= 11 is 0. The Morgan fingerprint density at radius 1 is 1.38 bits per heavy atom. The zero-order chi connectivity index (χ0) is 23.4. The number of fused-ring (bicyclic) bond motifs is 1. The van der Waals surface area contributed by atoms with Gasteiger partial charge in [-0.25, -0.2) is 33.2 Å². The molecule has 3 rings (SSSR count). The summed E-state index contributed by atoms with van der Waals surface area (Å²) in [6.45, 7) is 1.58. The number of nitrogens with two attached hydrogens (primary N) is 2. The number of methoxy groups -OCH3 is 1. The largest absolute Gasteiger partial charge is 0.453 e. The number of nitrogens with one attached hydrogen (secondary N) is 1. The van der Waals surface area contributed by atoms with E-state index in [1.165, 1.54) is 16.8 Å². The normalized spacial score (nSPS) is 12.0. The van der Waals surface area contributed by atoms with Crippen LogP contribution in [0.3, 0.4) is 0 Å². The summed E-state index contributed by atoms with van der Waals surface area (Å²) in [5, 5.41) is 6.93. The predicted molar refractivity (Wildman–Crippen MR) is 115 cm³/mol. The third-order valence-electron chi connectivity index (χ3n) is 4.33. The minimum atomic E-state index is -0.818. The molecule has 10 nitrogen and oxygen atoms in total. The highest BCUT2D eigenvalue weighted by Crippen LogP contribution is 2.31. The number of rotatable bonds is 5. The number of terminal acetylenes is 1. The molecular weight excluding hydrogens is 422 g/mol. The number of hydrogen-bond donors (Lipinski definition) is 3. The van der Waals surface area contributed by atoms with Gasteiger partial charge in [-0.1, -0.05) is 12.0 Å². The molecule has 12 heteroatoms. The van der Waals surface area contributed by atoms with Crippen LogP contribution in [-0.2, 0) is 11.3 Å². The molecule has 0 aliphatic heterocycles. The lowest BCUT2D eigenvalue weighted by atomic mass is 10.2. The van der Waals surface area contributed by atoms with Gasteiger partial charge in [0, 0.05) is 11.6 Å². The van der Waals surface area contributed by atoms with Crippen molar-refractivity contribution in [2.45, 2.75) is 13.5 Å². The van der Waals surface area contributed by atoms with Crippen LogP contribution in [0, 0.1) is 18.2 Å². The van der Waals surface area contributed by atoms with E-state index in [2.05, 4.69) is 36.0 Å². The molecular formula is C20H18F2N8O2. The third kappa shape index (κ3) is 4.31. The van der Waals surface area contributed by atoms with E-state index in [9.17, 15) is 13.6 Å². The Balaban J connectivity index is 2.14. The molecule has 0 bridgehead atoms. The van der Waals surface area contributed by atoms with E-state index in [0.717, 1.165) is 19.4 Å². The van der Waals surface area contributed by atoms with Crippen molar-refractivity contribution < 1.29 is 18.3 Å². The summed E-state index contributed by atoms with van der Waals surface area (Å²) in [4.78, 5) is 23.8. The zero-order valence-corrected chi connectivity index (χ0v) is 17.1. The minimum absolute atomic E-state index is 0.0479. The molecule has 3 aromatic rings. The molecule has 164 valence electrons. The van der Waals surface area contributed by atoms with E-state index >= 15 is 0 Å². The Kier molecular flexibility index (Phi) is 6.29. The van der Waals surface area contributed by atoms with E-state index in [-0.39, 0.29) is 52.0 Å². The number of allylic oxidation sites excluding steroid dienone is 4. The lowest BCUT2D eigenvalue weighted by Gasteiger charge is -2.10. The number of carbonyl (C=O) groups excluding carboxylic acids is 1. The SMILES string of the molecule is C#C/C=C(F)\C(=C/C)Cn1nc(-c2nc(N)c(NC(=O)OC)c(N)n2)c2cc(F)cnc21. The first-order valence-corrected chi connectivity index (χ1v) is 9.06. The quantitative estimate of drug-likeness (QED) is 0.405. The summed E-state index contributed by atoms with van der Waals surface area (Å²) < 4.78 is 34.1. The molecule has 32 heavy (non-hydrogen) atoms. The molecule has 0 radical (unpaired) electrons. The Morgan fingerprint density at radius 3 is 2.66 bits per heavy atom. The van der Waals surface area contributed by atoms with Crippen molar-refractivity contribution in [2.75, 3.05) is 23.9 Å². The van der Waals surface area contributed by atoms with Crippen molar-refractivity contribution in [3.05, 3.63) is 41.6 Å². The smallest absolute Gasteiger partial charge is 0.411 e. The topological polar surface area (TPSA) is 147 Å². The van der Waals surface area contributed by atoms with Crippen LogP contribution in [0.5, 0.6) is 0 Å². The molecule has 0 saturated heterocycles. The Labute approximate surface area is 181 Å². The number of hydrogen-bond acceptors (Lipinski definition) is 8. The van der Waals surface area contributed by atoms with E-state index in [0.29, 0.717) is 0 Å². The number of pyridine rings is 1. The summed E-state index contributed by atoms with van der Waals surface area (Å²) in [7, 11) is 1.16. The fraction of sp³-hybridized carbons (Fsp3) is 0.150. The van der Waals surface area contributed by atoms with Gasteiger partial charge in [-0.15, -0.1) is 6.42 Å². The van der Waals surface area contributed by atoms with Crippen LogP contribution in [0.2, 0.25) is 0 Å². The Hall–Kier alpha value is -4.53. The monoisotopic (exact) mass is 440 g/mol. The third-order valence-corrected chi connectivity index (χ3v) is 4.33. The number of nitrogen functional groups attached to an aromatic ring is 2. The van der Waals surface area contributed by atoms with Crippen molar-refractivity contribution in [1.29, 1.82) is 0 Å². The van der Waals surface area contributed by atoms with E-state index in [1.807, 2.05) is 0 Å². The number of nitrogens with zero attached hydrogens (tertiary/aromatic N) is 5. The van der Waals surface area contributed by atoms with Crippen LogP contribution in [0.1, 0.15) is 6.92 Å². The highest BCUT2D eigenvalue weighted by Gasteiger charge is 2.21. The van der Waals surface area contributed by atoms with Gasteiger partial charge in [-0.3, -0.25) is 5.32 Å². The first-order chi connectivity index (χ1) is 15.3. The Morgan fingerprint density at radius 2 is 2.06 bits per heavy atom. The van der Waals surface area contributed by atoms with Gasteiger partial charge in [0.2, 0.25) is 0 Å². The van der Waals surface area contributed by atoms with Crippen molar-refractivity contribution in [2.24, 2.45) is 0 Å². The second kappa shape index (κ2) is 9.09. The highest BCUT2D eigenvalue weighted by molar-refractivity contribution is 5.94. The molecule has 1 amide bonds. The standard InChI is InChI=1S/C20H18F2N8O2/c1-4-6-13(22)10(5-2)9-30-19-12(7-11(21)8-25-19)14(29-30)18-27-16(23)15(17(24)28-18)26-20(31)32-3/h1,5-8H,9H2,2-3H3,(H,26,31)(H4,23,24,27,28)/b10-5-,13-6+. The molecule has 0 aliphatic rings.